The molecular weight excluding hydrogens is 507 g/mol. The van der Waals surface area contributed by atoms with Gasteiger partial charge in [-0.05, 0) is 93.8 Å². The van der Waals surface area contributed by atoms with Crippen LogP contribution in [0.2, 0.25) is 0 Å². The van der Waals surface area contributed by atoms with Crippen LogP contribution in [0.3, 0.4) is 0 Å². The maximum absolute atomic E-state index is 12.6. The molecule has 0 heterocycles. The highest BCUT2D eigenvalue weighted by molar-refractivity contribution is 5.46. The van der Waals surface area contributed by atoms with Crippen LogP contribution in [-0.4, -0.2) is 0 Å². The zero-order valence-corrected chi connectivity index (χ0v) is 21.4. The van der Waals surface area contributed by atoms with Gasteiger partial charge in [-0.2, -0.15) is 0 Å². The van der Waals surface area contributed by atoms with Crippen molar-refractivity contribution in [2.75, 3.05) is 0 Å². The number of rotatable bonds is 0. The minimum Gasteiger partial charge on any atom is -0.235 e. The number of aryl methyl sites for hydroxylation is 4. The fraction of sp³-hybridized carbons (Fsp3) is 0.167. The van der Waals surface area contributed by atoms with E-state index in [0.717, 1.165) is 23.3 Å². The summed E-state index contributed by atoms with van der Waals surface area (Å²) in [6, 6.07) is 15.6. The fourth-order valence-corrected chi connectivity index (χ4v) is 2.76. The molecule has 8 heteroatoms. The van der Waals surface area contributed by atoms with E-state index in [1.807, 2.05) is 13.0 Å². The van der Waals surface area contributed by atoms with Crippen molar-refractivity contribution in [2.24, 2.45) is 0 Å². The van der Waals surface area contributed by atoms with Crippen LogP contribution in [0.15, 0.2) is 66.7 Å². The maximum Gasteiger partial charge on any atom is 0.222 e. The summed E-state index contributed by atoms with van der Waals surface area (Å²) in [6.07, 6.45) is 0. The predicted molar refractivity (Wildman–Crippen MR) is 135 cm³/mol. The first-order valence-corrected chi connectivity index (χ1v) is 11.1. The van der Waals surface area contributed by atoms with E-state index in [2.05, 4.69) is 4.85 Å². The van der Waals surface area contributed by atoms with E-state index in [1.54, 1.807) is 26.0 Å². The van der Waals surface area contributed by atoms with Crippen LogP contribution in [0.1, 0.15) is 27.8 Å². The van der Waals surface area contributed by atoms with E-state index >= 15 is 0 Å². The number of hydrogen-bond donors (Lipinski definition) is 0. The van der Waals surface area contributed by atoms with Gasteiger partial charge in [0.1, 0.15) is 23.3 Å². The second-order valence-electron chi connectivity index (χ2n) is 8.26. The molecular formula is C30H26F7N. The second-order valence-corrected chi connectivity index (χ2v) is 8.26. The molecule has 0 fully saturated rings. The standard InChI is InChI=1S/C8H8F2.C8H6FN.C7H5F3.C7H7F/c1-5-3-7(9)6(2)8(10)4-5;1-6-3-4-8(10-2)7(9)5-6;1-4-2-5(8)7(10)6(9)3-4;1-6-3-2-4-7(8)5-6/h3-4H,1-2H3;3-5H,1H3;2-3H,1H3;2-5H,1H3. The van der Waals surface area contributed by atoms with Gasteiger partial charge in [0, 0.05) is 5.56 Å². The minimum absolute atomic E-state index is 0.0885. The minimum atomic E-state index is -1.41. The smallest absolute Gasteiger partial charge is 0.222 e. The molecule has 0 aliphatic carbocycles. The Morgan fingerprint density at radius 1 is 0.500 bits per heavy atom. The van der Waals surface area contributed by atoms with Gasteiger partial charge in [-0.3, -0.25) is 0 Å². The summed E-state index contributed by atoms with van der Waals surface area (Å²) in [4.78, 5) is 2.99. The van der Waals surface area contributed by atoms with Gasteiger partial charge in [0.05, 0.1) is 6.57 Å². The molecule has 0 saturated carbocycles. The summed E-state index contributed by atoms with van der Waals surface area (Å²) in [5.41, 5.74) is 2.96. The summed E-state index contributed by atoms with van der Waals surface area (Å²) >= 11 is 0. The lowest BCUT2D eigenvalue weighted by atomic mass is 10.1. The van der Waals surface area contributed by atoms with Crippen molar-refractivity contribution in [3.05, 3.63) is 147 Å². The molecule has 0 aromatic heterocycles. The molecule has 38 heavy (non-hydrogen) atoms. The van der Waals surface area contributed by atoms with E-state index in [1.165, 1.54) is 50.2 Å². The molecule has 0 bridgehead atoms. The number of halogens is 7. The number of hydrogen-bond acceptors (Lipinski definition) is 0. The lowest BCUT2D eigenvalue weighted by Crippen LogP contribution is -1.90. The van der Waals surface area contributed by atoms with Crippen molar-refractivity contribution in [3.8, 4) is 0 Å². The van der Waals surface area contributed by atoms with Crippen molar-refractivity contribution in [1.29, 1.82) is 0 Å². The zero-order chi connectivity index (χ0) is 29.0. The van der Waals surface area contributed by atoms with Crippen LogP contribution in [-0.2, 0) is 0 Å². The zero-order valence-electron chi connectivity index (χ0n) is 21.4. The SMILES string of the molecule is Cc1cc(F)c(C)c(F)c1.Cc1cc(F)c(F)c(F)c1.Cc1cccc(F)c1.[C-]#[N+]c1ccc(C)cc1F. The van der Waals surface area contributed by atoms with Crippen LogP contribution in [0.4, 0.5) is 36.4 Å². The average Bonchev–Trinajstić information content (AvgIpc) is 2.82. The van der Waals surface area contributed by atoms with Gasteiger partial charge < -0.3 is 0 Å². The van der Waals surface area contributed by atoms with E-state index in [9.17, 15) is 30.7 Å². The van der Waals surface area contributed by atoms with Crippen molar-refractivity contribution < 1.29 is 30.7 Å². The number of nitrogens with zero attached hydrogens (tertiary/aromatic N) is 1. The molecule has 0 atom stereocenters. The molecule has 0 N–H and O–H groups in total. The first-order valence-electron chi connectivity index (χ1n) is 11.1. The molecule has 0 spiro atoms. The van der Waals surface area contributed by atoms with Gasteiger partial charge >= 0.3 is 0 Å². The monoisotopic (exact) mass is 533 g/mol. The Bertz CT molecular complexity index is 1290. The molecule has 0 saturated heterocycles. The van der Waals surface area contributed by atoms with Gasteiger partial charge in [0.2, 0.25) is 5.69 Å². The van der Waals surface area contributed by atoms with Gasteiger partial charge in [-0.1, -0.05) is 29.8 Å². The van der Waals surface area contributed by atoms with Crippen molar-refractivity contribution in [3.63, 3.8) is 0 Å². The molecule has 4 rings (SSSR count). The Kier molecular flexibility index (Phi) is 12.8. The highest BCUT2D eigenvalue weighted by Crippen LogP contribution is 2.17. The van der Waals surface area contributed by atoms with Crippen LogP contribution in [0, 0.1) is 81.9 Å². The van der Waals surface area contributed by atoms with Gasteiger partial charge in [0.15, 0.2) is 17.5 Å². The highest BCUT2D eigenvalue weighted by atomic mass is 19.2. The quantitative estimate of drug-likeness (QED) is 0.120. The van der Waals surface area contributed by atoms with Gasteiger partial charge in [0.25, 0.3) is 0 Å². The van der Waals surface area contributed by atoms with Gasteiger partial charge in [-0.15, -0.1) is 0 Å². The van der Waals surface area contributed by atoms with Crippen molar-refractivity contribution >= 4 is 5.69 Å². The third-order valence-corrected chi connectivity index (χ3v) is 4.76. The van der Waals surface area contributed by atoms with E-state index in [0.29, 0.717) is 11.1 Å². The predicted octanol–water partition coefficient (Wildman–Crippen LogP) is 9.81. The molecule has 200 valence electrons. The summed E-state index contributed by atoms with van der Waals surface area (Å²) in [7, 11) is 0. The Labute approximate surface area is 218 Å². The van der Waals surface area contributed by atoms with E-state index in [4.69, 9.17) is 6.57 Å². The van der Waals surface area contributed by atoms with Crippen molar-refractivity contribution in [1.82, 2.24) is 0 Å². The molecule has 0 aliphatic heterocycles. The topological polar surface area (TPSA) is 4.36 Å². The van der Waals surface area contributed by atoms with Crippen molar-refractivity contribution in [2.45, 2.75) is 34.6 Å². The first-order chi connectivity index (χ1) is 17.7. The molecule has 4 aromatic carbocycles. The van der Waals surface area contributed by atoms with E-state index < -0.39 is 34.9 Å². The maximum atomic E-state index is 12.6. The third kappa shape index (κ3) is 10.9. The summed E-state index contributed by atoms with van der Waals surface area (Å²) < 4.78 is 86.6. The second kappa shape index (κ2) is 15.2. The highest BCUT2D eigenvalue weighted by Gasteiger charge is 2.07. The molecule has 1 nitrogen and oxygen atoms in total. The molecule has 0 radical (unpaired) electrons. The Balaban J connectivity index is 0.000000254. The first kappa shape index (κ1) is 31.9. The lowest BCUT2D eigenvalue weighted by Gasteiger charge is -1.98. The van der Waals surface area contributed by atoms with Crippen LogP contribution >= 0.6 is 0 Å². The normalized spacial score (nSPS) is 9.55. The van der Waals surface area contributed by atoms with E-state index in [-0.39, 0.29) is 17.1 Å². The third-order valence-electron chi connectivity index (χ3n) is 4.76. The number of benzene rings is 4. The molecule has 0 unspecified atom stereocenters. The average molecular weight is 534 g/mol. The summed E-state index contributed by atoms with van der Waals surface area (Å²) in [5, 5.41) is 0. The molecule has 4 aromatic rings. The molecule has 0 aliphatic rings. The van der Waals surface area contributed by atoms with Crippen LogP contribution < -0.4 is 0 Å². The van der Waals surface area contributed by atoms with Gasteiger partial charge in [-0.25, -0.2) is 35.6 Å². The Hall–Kier alpha value is -4.12. The van der Waals surface area contributed by atoms with Crippen LogP contribution in [0.5, 0.6) is 0 Å². The van der Waals surface area contributed by atoms with Crippen LogP contribution in [0.25, 0.3) is 4.85 Å². The molecule has 0 amide bonds. The Morgan fingerprint density at radius 2 is 0.947 bits per heavy atom. The lowest BCUT2D eigenvalue weighted by molar-refractivity contribution is 0.446. The Morgan fingerprint density at radius 3 is 1.34 bits per heavy atom. The summed E-state index contributed by atoms with van der Waals surface area (Å²) in [5.74, 6) is -5.24. The summed E-state index contributed by atoms with van der Waals surface area (Å²) in [6.45, 7) is 14.8. The fourth-order valence-electron chi connectivity index (χ4n) is 2.76. The largest absolute Gasteiger partial charge is 0.235 e.